The fraction of sp³-hybridized carbons (Fsp3) is 0.424. The van der Waals surface area contributed by atoms with Crippen molar-refractivity contribution in [2.24, 2.45) is 11.8 Å². The number of benzene rings is 2. The molecule has 5 atom stereocenters. The molecule has 4 aliphatic rings. The predicted molar refractivity (Wildman–Crippen MR) is 160 cm³/mol. The van der Waals surface area contributed by atoms with E-state index in [0.29, 0.717) is 43.2 Å². The van der Waals surface area contributed by atoms with Crippen molar-refractivity contribution in [2.75, 3.05) is 31.1 Å². The van der Waals surface area contributed by atoms with E-state index in [2.05, 4.69) is 0 Å². The van der Waals surface area contributed by atoms with Gasteiger partial charge in [0.05, 0.1) is 28.6 Å². The lowest BCUT2D eigenvalue weighted by molar-refractivity contribution is -0.144. The molecule has 1 N–H and O–H groups in total. The molecule has 0 radical (unpaired) electrons. The Morgan fingerprint density at radius 1 is 0.881 bits per heavy atom. The maximum absolute atomic E-state index is 14.5. The molecule has 1 spiro atoms. The molecule has 0 bridgehead atoms. The zero-order valence-electron chi connectivity index (χ0n) is 23.5. The van der Waals surface area contributed by atoms with Crippen LogP contribution in [0.25, 0.3) is 0 Å². The number of halogens is 1. The van der Waals surface area contributed by atoms with Gasteiger partial charge in [0.15, 0.2) is 0 Å². The molecule has 8 nitrogen and oxygen atoms in total. The first-order chi connectivity index (χ1) is 20.5. The summed E-state index contributed by atoms with van der Waals surface area (Å²) in [6.45, 7) is 1.61. The fourth-order valence-corrected chi connectivity index (χ4v) is 7.25. The van der Waals surface area contributed by atoms with Crippen molar-refractivity contribution in [3.63, 3.8) is 0 Å². The van der Waals surface area contributed by atoms with E-state index in [1.807, 2.05) is 66.8 Å². The van der Waals surface area contributed by atoms with Gasteiger partial charge in [-0.05, 0) is 30.5 Å². The van der Waals surface area contributed by atoms with Gasteiger partial charge in [-0.2, -0.15) is 0 Å². The summed E-state index contributed by atoms with van der Waals surface area (Å²) < 4.78 is 6.74. The van der Waals surface area contributed by atoms with Crippen LogP contribution in [0.1, 0.15) is 31.2 Å². The molecular formula is C33H36ClN3O5. The predicted octanol–water partition coefficient (Wildman–Crippen LogP) is 3.97. The number of para-hydroxylation sites is 1. The summed E-state index contributed by atoms with van der Waals surface area (Å²) in [5, 5.41) is 9.63. The second-order valence-corrected chi connectivity index (χ2v) is 11.9. The van der Waals surface area contributed by atoms with Gasteiger partial charge in [-0.15, -0.1) is 0 Å². The van der Waals surface area contributed by atoms with Gasteiger partial charge in [0.25, 0.3) is 5.91 Å². The van der Waals surface area contributed by atoms with Gasteiger partial charge < -0.3 is 24.5 Å². The fourth-order valence-electron chi connectivity index (χ4n) is 7.01. The zero-order valence-corrected chi connectivity index (χ0v) is 24.2. The van der Waals surface area contributed by atoms with Gasteiger partial charge in [-0.3, -0.25) is 14.4 Å². The Morgan fingerprint density at radius 3 is 2.43 bits per heavy atom. The van der Waals surface area contributed by atoms with E-state index < -0.39 is 29.6 Å². The summed E-state index contributed by atoms with van der Waals surface area (Å²) in [4.78, 5) is 48.1. The minimum Gasteiger partial charge on any atom is -0.396 e. The average molecular weight is 590 g/mol. The number of aliphatic hydroxyl groups is 1. The monoisotopic (exact) mass is 589 g/mol. The Balaban J connectivity index is 1.36. The van der Waals surface area contributed by atoms with Crippen LogP contribution in [0.2, 0.25) is 5.02 Å². The molecule has 6 rings (SSSR count). The number of unbranched alkanes of at least 4 members (excludes halogenated alkanes) is 3. The second kappa shape index (κ2) is 12.0. The Hall–Kier alpha value is -3.46. The molecule has 0 saturated carbocycles. The third kappa shape index (κ3) is 4.95. The van der Waals surface area contributed by atoms with Crippen molar-refractivity contribution >= 4 is 35.0 Å². The molecule has 4 aliphatic heterocycles. The summed E-state index contributed by atoms with van der Waals surface area (Å²) in [7, 11) is 0. The van der Waals surface area contributed by atoms with E-state index >= 15 is 0 Å². The molecule has 4 heterocycles. The van der Waals surface area contributed by atoms with Crippen molar-refractivity contribution in [3.05, 3.63) is 89.5 Å². The van der Waals surface area contributed by atoms with E-state index in [4.69, 9.17) is 16.3 Å². The van der Waals surface area contributed by atoms with E-state index in [1.54, 1.807) is 26.8 Å². The number of likely N-dealkylation sites (tertiary alicyclic amines) is 1. The van der Waals surface area contributed by atoms with Crippen LogP contribution in [-0.2, 0) is 25.7 Å². The molecule has 0 aliphatic carbocycles. The maximum Gasteiger partial charge on any atom is 0.253 e. The highest BCUT2D eigenvalue weighted by molar-refractivity contribution is 6.34. The molecular weight excluding hydrogens is 554 g/mol. The minimum atomic E-state index is -1.28. The largest absolute Gasteiger partial charge is 0.396 e. The van der Waals surface area contributed by atoms with Crippen molar-refractivity contribution in [2.45, 2.75) is 50.0 Å². The van der Waals surface area contributed by atoms with Crippen molar-refractivity contribution in [3.8, 4) is 0 Å². The molecule has 2 aromatic rings. The van der Waals surface area contributed by atoms with Gasteiger partial charge in [0.1, 0.15) is 11.6 Å². The molecule has 3 amide bonds. The summed E-state index contributed by atoms with van der Waals surface area (Å²) >= 11 is 6.54. The number of nitrogens with zero attached hydrogens (tertiary/aromatic N) is 3. The topological polar surface area (TPSA) is 90.4 Å². The highest BCUT2D eigenvalue weighted by atomic mass is 35.5. The lowest BCUT2D eigenvalue weighted by Gasteiger charge is -2.35. The average Bonchev–Trinajstić information content (AvgIpc) is 3.31. The van der Waals surface area contributed by atoms with Crippen molar-refractivity contribution < 1.29 is 24.2 Å². The number of ether oxygens (including phenoxy) is 1. The number of carbonyl (C=O) groups is 3. The smallest absolute Gasteiger partial charge is 0.253 e. The number of hydrogen-bond acceptors (Lipinski definition) is 5. The number of hydrogen-bond donors (Lipinski definition) is 1. The summed E-state index contributed by atoms with van der Waals surface area (Å²) in [6, 6.07) is 16.0. The lowest BCUT2D eigenvalue weighted by Crippen LogP contribution is -2.55. The number of fused-ring (bicyclic) bond motifs is 2. The third-order valence-corrected chi connectivity index (χ3v) is 9.23. The van der Waals surface area contributed by atoms with Gasteiger partial charge in [0, 0.05) is 32.8 Å². The van der Waals surface area contributed by atoms with Crippen LogP contribution in [0, 0.1) is 11.8 Å². The zero-order chi connectivity index (χ0) is 29.3. The number of carbonyl (C=O) groups excluding carboxylic acids is 3. The lowest BCUT2D eigenvalue weighted by atomic mass is 9.77. The molecule has 42 heavy (non-hydrogen) atoms. The standard InChI is InChI=1S/C33H36ClN3O5/c34-24-14-6-7-15-25(24)36-20-11-17-33-28(31(40)37(29(33)32(36)41)19-8-1-2-9-21-38)27-26(42-33)16-10-18-35(30(27)39)22-23-12-4-3-5-13-23/h3-7,10-17,26-29,38H,1-2,8-9,18-22H2/t26-,27+,28-,29?,33-/m0/s1. The first-order valence-electron chi connectivity index (χ1n) is 14.8. The number of anilines is 1. The van der Waals surface area contributed by atoms with Crippen LogP contribution in [0.4, 0.5) is 5.69 Å². The third-order valence-electron chi connectivity index (χ3n) is 8.91. The molecule has 1 unspecified atom stereocenters. The van der Waals surface area contributed by atoms with E-state index in [1.165, 1.54) is 0 Å². The van der Waals surface area contributed by atoms with E-state index in [0.717, 1.165) is 18.4 Å². The molecule has 9 heteroatoms. The first kappa shape index (κ1) is 28.6. The summed E-state index contributed by atoms with van der Waals surface area (Å²) in [5.74, 6) is -2.21. The Labute approximate surface area is 251 Å². The number of aliphatic hydroxyl groups excluding tert-OH is 1. The summed E-state index contributed by atoms with van der Waals surface area (Å²) in [5.41, 5.74) is 0.300. The van der Waals surface area contributed by atoms with Gasteiger partial charge in [0.2, 0.25) is 11.8 Å². The first-order valence-corrected chi connectivity index (χ1v) is 15.2. The normalized spacial score (nSPS) is 28.5. The van der Waals surface area contributed by atoms with Crippen LogP contribution in [0.15, 0.2) is 78.9 Å². The van der Waals surface area contributed by atoms with E-state index in [9.17, 15) is 19.5 Å². The molecule has 220 valence electrons. The van der Waals surface area contributed by atoms with Crippen LogP contribution < -0.4 is 4.90 Å². The maximum atomic E-state index is 14.5. The highest BCUT2D eigenvalue weighted by Crippen LogP contribution is 2.54. The van der Waals surface area contributed by atoms with Crippen molar-refractivity contribution in [1.29, 1.82) is 0 Å². The van der Waals surface area contributed by atoms with Crippen LogP contribution >= 0.6 is 11.6 Å². The molecule has 2 fully saturated rings. The van der Waals surface area contributed by atoms with Gasteiger partial charge >= 0.3 is 0 Å². The molecule has 0 aromatic heterocycles. The second-order valence-electron chi connectivity index (χ2n) is 11.4. The molecule has 2 aromatic carbocycles. The minimum absolute atomic E-state index is 0.124. The van der Waals surface area contributed by atoms with Crippen LogP contribution in [-0.4, -0.2) is 76.6 Å². The van der Waals surface area contributed by atoms with Crippen molar-refractivity contribution in [1.82, 2.24) is 9.80 Å². The van der Waals surface area contributed by atoms with Crippen LogP contribution in [0.5, 0.6) is 0 Å². The Kier molecular flexibility index (Phi) is 8.21. The Bertz CT molecular complexity index is 1400. The number of amides is 3. The van der Waals surface area contributed by atoms with E-state index in [-0.39, 0.29) is 30.9 Å². The number of rotatable bonds is 9. The van der Waals surface area contributed by atoms with Crippen LogP contribution in [0.3, 0.4) is 0 Å². The highest BCUT2D eigenvalue weighted by Gasteiger charge is 2.71. The Morgan fingerprint density at radius 2 is 1.64 bits per heavy atom. The van der Waals surface area contributed by atoms with Gasteiger partial charge in [-0.1, -0.05) is 91.2 Å². The quantitative estimate of drug-likeness (QED) is 0.353. The molecule has 2 saturated heterocycles. The van der Waals surface area contributed by atoms with Gasteiger partial charge in [-0.25, -0.2) is 0 Å². The SMILES string of the molecule is O=C1[C@@H]2[C@H](C=CCN1Cc1ccccc1)O[C@]13C=CCN(c4ccccc4Cl)C(=O)C1N(CCCCCCO)C(=O)[C@H]23. The summed E-state index contributed by atoms with van der Waals surface area (Å²) in [6.07, 6.45) is 9.94.